The zero-order valence-corrected chi connectivity index (χ0v) is 11.8. The highest BCUT2D eigenvalue weighted by Gasteiger charge is 2.25. The van der Waals surface area contributed by atoms with Gasteiger partial charge in [0.05, 0.1) is 5.52 Å². The van der Waals surface area contributed by atoms with Crippen LogP contribution >= 0.6 is 11.6 Å². The first-order valence-electron chi connectivity index (χ1n) is 6.41. The molecule has 0 aliphatic rings. The molecular weight excluding hydrogens is 270 g/mol. The van der Waals surface area contributed by atoms with Gasteiger partial charge in [-0.15, -0.1) is 0 Å². The number of fused-ring (bicyclic) bond motifs is 1. The molecule has 0 aliphatic carbocycles. The van der Waals surface area contributed by atoms with Crippen LogP contribution < -0.4 is 0 Å². The number of benzene rings is 2. The maximum Gasteiger partial charge on any atom is 0.112 e. The Bertz CT molecular complexity index is 750. The van der Waals surface area contributed by atoms with E-state index < -0.39 is 5.60 Å². The number of hydrogen-bond donors (Lipinski definition) is 1. The number of aromatic nitrogens is 1. The third kappa shape index (κ3) is 2.28. The van der Waals surface area contributed by atoms with Gasteiger partial charge in [-0.3, -0.25) is 4.98 Å². The zero-order chi connectivity index (χ0) is 14.2. The van der Waals surface area contributed by atoms with Crippen LogP contribution in [-0.2, 0) is 5.60 Å². The monoisotopic (exact) mass is 283 g/mol. The number of hydrogen-bond acceptors (Lipinski definition) is 2. The Hall–Kier alpha value is -1.90. The summed E-state index contributed by atoms with van der Waals surface area (Å²) in [6.45, 7) is 1.78. The fraction of sp³-hybridized carbons (Fsp3) is 0.118. The van der Waals surface area contributed by atoms with Crippen LogP contribution in [0, 0.1) is 0 Å². The van der Waals surface area contributed by atoms with Gasteiger partial charge in [-0.1, -0.05) is 41.9 Å². The minimum Gasteiger partial charge on any atom is -0.381 e. The molecule has 3 aromatic rings. The van der Waals surface area contributed by atoms with Gasteiger partial charge in [0.2, 0.25) is 0 Å². The van der Waals surface area contributed by atoms with Crippen LogP contribution in [0.1, 0.15) is 18.1 Å². The van der Waals surface area contributed by atoms with E-state index in [9.17, 15) is 5.11 Å². The molecule has 0 fully saturated rings. The molecule has 2 nitrogen and oxygen atoms in total. The maximum atomic E-state index is 10.8. The summed E-state index contributed by atoms with van der Waals surface area (Å²) in [6, 6.07) is 17.0. The molecule has 1 N–H and O–H groups in total. The van der Waals surface area contributed by atoms with Crippen molar-refractivity contribution in [2.75, 3.05) is 0 Å². The molecule has 0 aliphatic heterocycles. The molecule has 1 atom stereocenters. The summed E-state index contributed by atoms with van der Waals surface area (Å²) in [7, 11) is 0. The van der Waals surface area contributed by atoms with Crippen molar-refractivity contribution in [3.8, 4) is 0 Å². The van der Waals surface area contributed by atoms with Gasteiger partial charge in [0.1, 0.15) is 5.60 Å². The topological polar surface area (TPSA) is 33.1 Å². The van der Waals surface area contributed by atoms with Gasteiger partial charge < -0.3 is 5.11 Å². The van der Waals surface area contributed by atoms with Gasteiger partial charge in [0.25, 0.3) is 0 Å². The van der Waals surface area contributed by atoms with E-state index in [-0.39, 0.29) is 0 Å². The first kappa shape index (κ1) is 13.1. The van der Waals surface area contributed by atoms with Gasteiger partial charge in [-0.2, -0.15) is 0 Å². The number of halogens is 1. The first-order chi connectivity index (χ1) is 9.57. The lowest BCUT2D eigenvalue weighted by Gasteiger charge is -2.24. The second kappa shape index (κ2) is 4.89. The van der Waals surface area contributed by atoms with Crippen molar-refractivity contribution in [2.45, 2.75) is 12.5 Å². The molecular formula is C17H14ClNO. The van der Waals surface area contributed by atoms with E-state index in [2.05, 4.69) is 4.98 Å². The molecule has 0 saturated carbocycles. The van der Waals surface area contributed by atoms with Crippen molar-refractivity contribution in [3.05, 3.63) is 76.9 Å². The minimum absolute atomic E-state index is 0.657. The minimum atomic E-state index is -1.07. The highest BCUT2D eigenvalue weighted by Crippen LogP contribution is 2.31. The molecule has 3 heteroatoms. The van der Waals surface area contributed by atoms with Gasteiger partial charge in [-0.05, 0) is 42.3 Å². The van der Waals surface area contributed by atoms with Crippen LogP contribution in [0.2, 0.25) is 5.02 Å². The van der Waals surface area contributed by atoms with E-state index in [1.807, 2.05) is 42.5 Å². The Morgan fingerprint density at radius 2 is 1.70 bits per heavy atom. The summed E-state index contributed by atoms with van der Waals surface area (Å²) in [5, 5.41) is 12.6. The lowest BCUT2D eigenvalue weighted by molar-refractivity contribution is 0.102. The first-order valence-corrected chi connectivity index (χ1v) is 6.79. The number of pyridine rings is 1. The largest absolute Gasteiger partial charge is 0.381 e. The highest BCUT2D eigenvalue weighted by molar-refractivity contribution is 6.30. The van der Waals surface area contributed by atoms with Crippen molar-refractivity contribution in [1.82, 2.24) is 4.98 Å². The molecule has 0 bridgehead atoms. The Morgan fingerprint density at radius 3 is 2.45 bits per heavy atom. The summed E-state index contributed by atoms with van der Waals surface area (Å²) in [5.74, 6) is 0. The van der Waals surface area contributed by atoms with E-state index in [0.717, 1.165) is 22.0 Å². The fourth-order valence-corrected chi connectivity index (χ4v) is 2.44. The Morgan fingerprint density at radius 1 is 1.00 bits per heavy atom. The second-order valence-corrected chi connectivity index (χ2v) is 5.43. The molecule has 1 aromatic heterocycles. The van der Waals surface area contributed by atoms with Crippen molar-refractivity contribution in [3.63, 3.8) is 0 Å². The van der Waals surface area contributed by atoms with Gasteiger partial charge in [0.15, 0.2) is 0 Å². The molecule has 0 radical (unpaired) electrons. The molecule has 0 spiro atoms. The van der Waals surface area contributed by atoms with Crippen LogP contribution in [0.3, 0.4) is 0 Å². The molecule has 0 amide bonds. The van der Waals surface area contributed by atoms with Crippen LogP contribution in [-0.4, -0.2) is 10.1 Å². The second-order valence-electron chi connectivity index (χ2n) is 4.99. The summed E-state index contributed by atoms with van der Waals surface area (Å²) >= 11 is 5.89. The van der Waals surface area contributed by atoms with Crippen LogP contribution in [0.25, 0.3) is 10.9 Å². The molecule has 2 aromatic carbocycles. The van der Waals surface area contributed by atoms with E-state index in [4.69, 9.17) is 11.6 Å². The maximum absolute atomic E-state index is 10.8. The van der Waals surface area contributed by atoms with Gasteiger partial charge in [0, 0.05) is 16.6 Å². The van der Waals surface area contributed by atoms with Crippen LogP contribution in [0.4, 0.5) is 0 Å². The molecule has 0 saturated heterocycles. The standard InChI is InChI=1S/C17H14ClNO/c1-17(20,13-6-8-15(18)9-7-13)14-5-4-12-3-2-10-19-16(12)11-14/h2-11,20H,1H3. The third-order valence-corrected chi connectivity index (χ3v) is 3.83. The van der Waals surface area contributed by atoms with Crippen molar-refractivity contribution in [2.24, 2.45) is 0 Å². The Balaban J connectivity index is 2.10. The smallest absolute Gasteiger partial charge is 0.112 e. The molecule has 3 rings (SSSR count). The van der Waals surface area contributed by atoms with Crippen molar-refractivity contribution >= 4 is 22.5 Å². The fourth-order valence-electron chi connectivity index (χ4n) is 2.31. The Kier molecular flexibility index (Phi) is 3.20. The molecule has 100 valence electrons. The predicted octanol–water partition coefficient (Wildman–Crippen LogP) is 4.14. The summed E-state index contributed by atoms with van der Waals surface area (Å²) < 4.78 is 0. The van der Waals surface area contributed by atoms with Gasteiger partial charge in [-0.25, -0.2) is 0 Å². The normalized spacial score (nSPS) is 14.2. The molecule has 1 unspecified atom stereocenters. The van der Waals surface area contributed by atoms with Gasteiger partial charge >= 0.3 is 0 Å². The lowest BCUT2D eigenvalue weighted by atomic mass is 9.88. The average Bonchev–Trinajstić information content (AvgIpc) is 2.47. The van der Waals surface area contributed by atoms with E-state index in [1.165, 1.54) is 0 Å². The average molecular weight is 284 g/mol. The summed E-state index contributed by atoms with van der Waals surface area (Å²) in [5.41, 5.74) is 1.42. The van der Waals surface area contributed by atoms with Crippen molar-refractivity contribution in [1.29, 1.82) is 0 Å². The zero-order valence-electron chi connectivity index (χ0n) is 11.0. The van der Waals surface area contributed by atoms with E-state index in [1.54, 1.807) is 25.3 Å². The third-order valence-electron chi connectivity index (χ3n) is 3.57. The lowest BCUT2D eigenvalue weighted by Crippen LogP contribution is -2.22. The predicted molar refractivity (Wildman–Crippen MR) is 81.9 cm³/mol. The number of nitrogens with zero attached hydrogens (tertiary/aromatic N) is 1. The van der Waals surface area contributed by atoms with Crippen LogP contribution in [0.5, 0.6) is 0 Å². The Labute approximate surface area is 122 Å². The van der Waals surface area contributed by atoms with E-state index in [0.29, 0.717) is 5.02 Å². The highest BCUT2D eigenvalue weighted by atomic mass is 35.5. The molecule has 20 heavy (non-hydrogen) atoms. The summed E-state index contributed by atoms with van der Waals surface area (Å²) in [6.07, 6.45) is 1.75. The summed E-state index contributed by atoms with van der Waals surface area (Å²) in [4.78, 5) is 4.33. The quantitative estimate of drug-likeness (QED) is 0.766. The number of rotatable bonds is 2. The van der Waals surface area contributed by atoms with E-state index >= 15 is 0 Å². The molecule has 1 heterocycles. The number of aliphatic hydroxyl groups is 1. The van der Waals surface area contributed by atoms with Crippen molar-refractivity contribution < 1.29 is 5.11 Å². The van der Waals surface area contributed by atoms with Crippen LogP contribution in [0.15, 0.2) is 60.8 Å². The SMILES string of the molecule is CC(O)(c1ccc(Cl)cc1)c1ccc2cccnc2c1.